The average Bonchev–Trinajstić information content (AvgIpc) is 2.38. The first-order valence-electron chi connectivity index (χ1n) is 6.54. The molecule has 0 saturated carbocycles. The predicted molar refractivity (Wildman–Crippen MR) is 78.0 cm³/mol. The molecule has 1 atom stereocenters. The van der Waals surface area contributed by atoms with E-state index in [1.54, 1.807) is 6.07 Å². The second-order valence-electron chi connectivity index (χ2n) is 5.04. The topological polar surface area (TPSA) is 12.0 Å². The second kappa shape index (κ2) is 5.54. The summed E-state index contributed by atoms with van der Waals surface area (Å²) < 4.78 is 14.0. The molecule has 1 nitrogen and oxygen atoms in total. The van der Waals surface area contributed by atoms with Crippen molar-refractivity contribution in [2.75, 3.05) is 7.05 Å². The highest BCUT2D eigenvalue weighted by atomic mass is 19.1. The molecule has 0 radical (unpaired) electrons. The van der Waals surface area contributed by atoms with Crippen LogP contribution in [0.1, 0.15) is 33.9 Å². The molecule has 2 aromatic rings. The minimum absolute atomic E-state index is 0.111. The molecule has 2 heteroatoms. The third-order valence-electron chi connectivity index (χ3n) is 3.70. The van der Waals surface area contributed by atoms with Crippen molar-refractivity contribution in [3.05, 3.63) is 70.0 Å². The monoisotopic (exact) mass is 257 g/mol. The van der Waals surface area contributed by atoms with Crippen LogP contribution in [-0.4, -0.2) is 7.05 Å². The van der Waals surface area contributed by atoms with E-state index in [9.17, 15) is 4.39 Å². The van der Waals surface area contributed by atoms with Gasteiger partial charge in [0.05, 0.1) is 6.04 Å². The molecule has 0 aromatic heterocycles. The van der Waals surface area contributed by atoms with E-state index in [4.69, 9.17) is 0 Å². The molecule has 0 saturated heterocycles. The molecule has 0 aliphatic heterocycles. The summed E-state index contributed by atoms with van der Waals surface area (Å²) in [4.78, 5) is 0. The highest BCUT2D eigenvalue weighted by Gasteiger charge is 2.18. The molecule has 0 fully saturated rings. The number of halogens is 1. The molecule has 1 N–H and O–H groups in total. The summed E-state index contributed by atoms with van der Waals surface area (Å²) in [5.74, 6) is -0.167. The molecule has 0 amide bonds. The van der Waals surface area contributed by atoms with Gasteiger partial charge < -0.3 is 5.32 Å². The van der Waals surface area contributed by atoms with E-state index >= 15 is 0 Å². The quantitative estimate of drug-likeness (QED) is 0.874. The SMILES string of the molecule is CNC(c1cc(C)c(C)cc1C)c1ccccc1F. The zero-order chi connectivity index (χ0) is 14.0. The number of benzene rings is 2. The standard InChI is InChI=1S/C17H20FN/c1-11-9-13(3)15(10-12(11)2)17(19-4)14-7-5-6-8-16(14)18/h5-10,17,19H,1-4H3. The maximum absolute atomic E-state index is 14.0. The first kappa shape index (κ1) is 13.8. The van der Waals surface area contributed by atoms with Crippen molar-refractivity contribution in [2.24, 2.45) is 0 Å². The van der Waals surface area contributed by atoms with Crippen LogP contribution in [0.4, 0.5) is 4.39 Å². The Balaban J connectivity index is 2.55. The van der Waals surface area contributed by atoms with Crippen molar-refractivity contribution in [1.29, 1.82) is 0 Å². The Hall–Kier alpha value is -1.67. The fraction of sp³-hybridized carbons (Fsp3) is 0.294. The molecule has 19 heavy (non-hydrogen) atoms. The van der Waals surface area contributed by atoms with E-state index in [1.165, 1.54) is 22.8 Å². The van der Waals surface area contributed by atoms with Crippen LogP contribution in [-0.2, 0) is 0 Å². The predicted octanol–water partition coefficient (Wildman–Crippen LogP) is 4.06. The summed E-state index contributed by atoms with van der Waals surface area (Å²) in [5, 5.41) is 3.22. The van der Waals surface area contributed by atoms with Gasteiger partial charge in [0, 0.05) is 5.56 Å². The van der Waals surface area contributed by atoms with Gasteiger partial charge >= 0.3 is 0 Å². The number of hydrogen-bond donors (Lipinski definition) is 1. The van der Waals surface area contributed by atoms with Gasteiger partial charge in [-0.15, -0.1) is 0 Å². The summed E-state index contributed by atoms with van der Waals surface area (Å²) in [6.45, 7) is 6.27. The zero-order valence-electron chi connectivity index (χ0n) is 11.9. The lowest BCUT2D eigenvalue weighted by Crippen LogP contribution is -2.20. The Kier molecular flexibility index (Phi) is 4.01. The Labute approximate surface area is 114 Å². The van der Waals surface area contributed by atoms with Gasteiger partial charge in [-0.25, -0.2) is 4.39 Å². The van der Waals surface area contributed by atoms with Gasteiger partial charge in [0.15, 0.2) is 0 Å². The Morgan fingerprint density at radius 3 is 2.16 bits per heavy atom. The largest absolute Gasteiger partial charge is 0.309 e. The lowest BCUT2D eigenvalue weighted by molar-refractivity contribution is 0.575. The molecular weight excluding hydrogens is 237 g/mol. The molecule has 100 valence electrons. The van der Waals surface area contributed by atoms with Crippen molar-refractivity contribution < 1.29 is 4.39 Å². The van der Waals surface area contributed by atoms with Crippen molar-refractivity contribution in [1.82, 2.24) is 5.32 Å². The summed E-state index contributed by atoms with van der Waals surface area (Å²) in [7, 11) is 1.87. The third-order valence-corrected chi connectivity index (χ3v) is 3.70. The van der Waals surface area contributed by atoms with Gasteiger partial charge in [0.25, 0.3) is 0 Å². The van der Waals surface area contributed by atoms with Crippen molar-refractivity contribution in [3.8, 4) is 0 Å². The Morgan fingerprint density at radius 1 is 0.895 bits per heavy atom. The lowest BCUT2D eigenvalue weighted by atomic mass is 9.91. The molecule has 0 bridgehead atoms. The van der Waals surface area contributed by atoms with Crippen LogP contribution in [0.2, 0.25) is 0 Å². The molecule has 0 spiro atoms. The average molecular weight is 257 g/mol. The molecule has 0 aliphatic rings. The Morgan fingerprint density at radius 2 is 1.53 bits per heavy atom. The van der Waals surface area contributed by atoms with E-state index < -0.39 is 0 Å². The number of hydrogen-bond acceptors (Lipinski definition) is 1. The maximum atomic E-state index is 14.0. The number of nitrogens with one attached hydrogen (secondary N) is 1. The smallest absolute Gasteiger partial charge is 0.128 e. The minimum atomic E-state index is -0.167. The summed E-state index contributed by atoms with van der Waals surface area (Å²) in [5.41, 5.74) is 5.51. The first-order chi connectivity index (χ1) is 9.04. The van der Waals surface area contributed by atoms with Crippen molar-refractivity contribution in [3.63, 3.8) is 0 Å². The van der Waals surface area contributed by atoms with Crippen molar-refractivity contribution in [2.45, 2.75) is 26.8 Å². The maximum Gasteiger partial charge on any atom is 0.128 e. The van der Waals surface area contributed by atoms with E-state index in [0.29, 0.717) is 5.56 Å². The fourth-order valence-corrected chi connectivity index (χ4v) is 2.48. The van der Waals surface area contributed by atoms with Crippen LogP contribution in [0.15, 0.2) is 36.4 Å². The van der Waals surface area contributed by atoms with Crippen LogP contribution in [0.3, 0.4) is 0 Å². The van der Waals surface area contributed by atoms with Gasteiger partial charge in [0.1, 0.15) is 5.82 Å². The van der Waals surface area contributed by atoms with Gasteiger partial charge in [-0.05, 0) is 56.1 Å². The summed E-state index contributed by atoms with van der Waals surface area (Å²) in [6.07, 6.45) is 0. The highest BCUT2D eigenvalue weighted by molar-refractivity contribution is 5.42. The van der Waals surface area contributed by atoms with E-state index in [2.05, 4.69) is 38.2 Å². The second-order valence-corrected chi connectivity index (χ2v) is 5.04. The normalized spacial score (nSPS) is 12.5. The zero-order valence-corrected chi connectivity index (χ0v) is 11.9. The van der Waals surface area contributed by atoms with Crippen LogP contribution in [0.25, 0.3) is 0 Å². The van der Waals surface area contributed by atoms with E-state index in [0.717, 1.165) is 5.56 Å². The number of rotatable bonds is 3. The van der Waals surface area contributed by atoms with Crippen LogP contribution < -0.4 is 5.32 Å². The first-order valence-corrected chi connectivity index (χ1v) is 6.54. The molecule has 2 rings (SSSR count). The van der Waals surface area contributed by atoms with Crippen molar-refractivity contribution >= 4 is 0 Å². The van der Waals surface area contributed by atoms with E-state index in [-0.39, 0.29) is 11.9 Å². The molecule has 0 aliphatic carbocycles. The summed E-state index contributed by atoms with van der Waals surface area (Å²) in [6, 6.07) is 11.1. The molecular formula is C17H20FN. The van der Waals surface area contributed by atoms with E-state index in [1.807, 2.05) is 19.2 Å². The van der Waals surface area contributed by atoms with Gasteiger partial charge in [-0.2, -0.15) is 0 Å². The Bertz CT molecular complexity index is 590. The van der Waals surface area contributed by atoms with Crippen LogP contribution >= 0.6 is 0 Å². The minimum Gasteiger partial charge on any atom is -0.309 e. The van der Waals surface area contributed by atoms with Gasteiger partial charge in [0.2, 0.25) is 0 Å². The highest BCUT2D eigenvalue weighted by Crippen LogP contribution is 2.28. The molecule has 1 unspecified atom stereocenters. The summed E-state index contributed by atoms with van der Waals surface area (Å²) >= 11 is 0. The number of aryl methyl sites for hydroxylation is 3. The molecule has 0 heterocycles. The van der Waals surface area contributed by atoms with Gasteiger partial charge in [-0.1, -0.05) is 30.3 Å². The van der Waals surface area contributed by atoms with Crippen LogP contribution in [0.5, 0.6) is 0 Å². The molecule has 2 aromatic carbocycles. The lowest BCUT2D eigenvalue weighted by Gasteiger charge is -2.21. The fourth-order valence-electron chi connectivity index (χ4n) is 2.48. The third kappa shape index (κ3) is 2.69. The van der Waals surface area contributed by atoms with Crippen LogP contribution in [0, 0.1) is 26.6 Å². The van der Waals surface area contributed by atoms with Gasteiger partial charge in [-0.3, -0.25) is 0 Å².